The molecule has 0 radical (unpaired) electrons. The maximum Gasteiger partial charge on any atom is 0.311 e. The lowest BCUT2D eigenvalue weighted by Gasteiger charge is -2.24. The lowest BCUT2D eigenvalue weighted by atomic mass is 9.86. The van der Waals surface area contributed by atoms with E-state index in [1.807, 2.05) is 0 Å². The standard InChI is InChI=1S/C13H16ClFO3/c1-7(2)11(13(17)18-3)12(16)8-4-9(14)6-10(15)5-8/h4-7,11-12,16H,1-3H3. The van der Waals surface area contributed by atoms with Gasteiger partial charge >= 0.3 is 5.97 Å². The molecule has 1 aromatic rings. The van der Waals surface area contributed by atoms with Gasteiger partial charge in [0.05, 0.1) is 19.1 Å². The first-order valence-electron chi connectivity index (χ1n) is 5.58. The largest absolute Gasteiger partial charge is 0.469 e. The highest BCUT2D eigenvalue weighted by Crippen LogP contribution is 2.31. The SMILES string of the molecule is COC(=O)C(C(C)C)C(O)c1cc(F)cc(Cl)c1. The average Bonchev–Trinajstić information content (AvgIpc) is 2.26. The van der Waals surface area contributed by atoms with Gasteiger partial charge in [0.15, 0.2) is 0 Å². The molecule has 3 nitrogen and oxygen atoms in total. The number of aliphatic hydroxyl groups is 1. The van der Waals surface area contributed by atoms with E-state index in [1.165, 1.54) is 13.2 Å². The zero-order valence-electron chi connectivity index (χ0n) is 10.5. The van der Waals surface area contributed by atoms with Crippen molar-refractivity contribution in [3.8, 4) is 0 Å². The van der Waals surface area contributed by atoms with E-state index < -0.39 is 23.8 Å². The summed E-state index contributed by atoms with van der Waals surface area (Å²) in [4.78, 5) is 11.6. The van der Waals surface area contributed by atoms with Crippen molar-refractivity contribution in [3.05, 3.63) is 34.6 Å². The maximum atomic E-state index is 13.2. The quantitative estimate of drug-likeness (QED) is 0.859. The van der Waals surface area contributed by atoms with Gasteiger partial charge in [-0.2, -0.15) is 0 Å². The molecule has 0 aliphatic heterocycles. The molecular formula is C13H16ClFO3. The Balaban J connectivity index is 3.09. The van der Waals surface area contributed by atoms with Gasteiger partial charge in [0.25, 0.3) is 0 Å². The molecule has 0 spiro atoms. The van der Waals surface area contributed by atoms with E-state index in [9.17, 15) is 14.3 Å². The number of rotatable bonds is 4. The monoisotopic (exact) mass is 274 g/mol. The van der Waals surface area contributed by atoms with Crippen LogP contribution in [-0.4, -0.2) is 18.2 Å². The molecule has 100 valence electrons. The maximum absolute atomic E-state index is 13.2. The minimum absolute atomic E-state index is 0.144. The van der Waals surface area contributed by atoms with Crippen LogP contribution in [0.3, 0.4) is 0 Å². The molecule has 18 heavy (non-hydrogen) atoms. The Morgan fingerprint density at radius 1 is 1.39 bits per heavy atom. The number of hydrogen-bond donors (Lipinski definition) is 1. The first-order chi connectivity index (χ1) is 8.36. The molecule has 0 bridgehead atoms. The van der Waals surface area contributed by atoms with Crippen molar-refractivity contribution in [2.45, 2.75) is 20.0 Å². The fourth-order valence-electron chi connectivity index (χ4n) is 1.85. The van der Waals surface area contributed by atoms with Gasteiger partial charge in [-0.3, -0.25) is 4.79 Å². The lowest BCUT2D eigenvalue weighted by molar-refractivity contribution is -0.152. The number of aliphatic hydroxyl groups excluding tert-OH is 1. The van der Waals surface area contributed by atoms with Gasteiger partial charge in [0.2, 0.25) is 0 Å². The fraction of sp³-hybridized carbons (Fsp3) is 0.462. The van der Waals surface area contributed by atoms with Crippen LogP contribution < -0.4 is 0 Å². The Bertz CT molecular complexity index is 414. The molecule has 0 fully saturated rings. The molecule has 0 amide bonds. The predicted molar refractivity (Wildman–Crippen MR) is 66.7 cm³/mol. The zero-order valence-corrected chi connectivity index (χ0v) is 11.2. The van der Waals surface area contributed by atoms with E-state index in [2.05, 4.69) is 4.74 Å². The van der Waals surface area contributed by atoms with E-state index in [1.54, 1.807) is 13.8 Å². The number of carbonyl (C=O) groups is 1. The fourth-order valence-corrected chi connectivity index (χ4v) is 2.09. The first kappa shape index (κ1) is 14.9. The molecule has 0 aliphatic rings. The lowest BCUT2D eigenvalue weighted by Crippen LogP contribution is -2.28. The summed E-state index contributed by atoms with van der Waals surface area (Å²) in [5.41, 5.74) is 0.268. The Hall–Kier alpha value is -1.13. The summed E-state index contributed by atoms with van der Waals surface area (Å²) in [6.07, 6.45) is -1.15. The summed E-state index contributed by atoms with van der Waals surface area (Å²) < 4.78 is 17.9. The van der Waals surface area contributed by atoms with Crippen molar-refractivity contribution in [2.75, 3.05) is 7.11 Å². The average molecular weight is 275 g/mol. The van der Waals surface area contributed by atoms with Crippen molar-refractivity contribution in [1.29, 1.82) is 0 Å². The molecule has 2 atom stereocenters. The molecule has 0 saturated heterocycles. The van der Waals surface area contributed by atoms with Crippen molar-refractivity contribution in [1.82, 2.24) is 0 Å². The third-order valence-corrected chi connectivity index (χ3v) is 2.98. The summed E-state index contributed by atoms with van der Waals surface area (Å²) in [6, 6.07) is 3.74. The van der Waals surface area contributed by atoms with Gasteiger partial charge in [0.1, 0.15) is 5.82 Å². The van der Waals surface area contributed by atoms with Crippen LogP contribution in [0.4, 0.5) is 4.39 Å². The third kappa shape index (κ3) is 3.43. The molecule has 0 saturated carbocycles. The number of esters is 1. The van der Waals surface area contributed by atoms with E-state index in [0.717, 1.165) is 12.1 Å². The van der Waals surface area contributed by atoms with Crippen LogP contribution in [0.5, 0.6) is 0 Å². The van der Waals surface area contributed by atoms with Gasteiger partial charge in [-0.1, -0.05) is 25.4 Å². The molecule has 2 unspecified atom stereocenters. The molecule has 0 heterocycles. The molecule has 1 N–H and O–H groups in total. The molecule has 1 aromatic carbocycles. The van der Waals surface area contributed by atoms with E-state index in [4.69, 9.17) is 11.6 Å². The van der Waals surface area contributed by atoms with Gasteiger partial charge < -0.3 is 9.84 Å². The molecule has 0 aromatic heterocycles. The number of methoxy groups -OCH3 is 1. The van der Waals surface area contributed by atoms with Crippen LogP contribution in [0.2, 0.25) is 5.02 Å². The highest BCUT2D eigenvalue weighted by Gasteiger charge is 2.32. The number of ether oxygens (including phenoxy) is 1. The van der Waals surface area contributed by atoms with Crippen LogP contribution in [0.15, 0.2) is 18.2 Å². The van der Waals surface area contributed by atoms with Crippen LogP contribution in [0.1, 0.15) is 25.5 Å². The van der Waals surface area contributed by atoms with Crippen molar-refractivity contribution in [2.24, 2.45) is 11.8 Å². The Kier molecular flexibility index (Phi) is 5.11. The highest BCUT2D eigenvalue weighted by atomic mass is 35.5. The molecule has 1 rings (SSSR count). The normalized spacial score (nSPS) is 14.4. The Morgan fingerprint density at radius 3 is 2.44 bits per heavy atom. The summed E-state index contributed by atoms with van der Waals surface area (Å²) in [5, 5.41) is 10.4. The molecular weight excluding hydrogens is 259 g/mol. The highest BCUT2D eigenvalue weighted by molar-refractivity contribution is 6.30. The van der Waals surface area contributed by atoms with Crippen molar-refractivity contribution in [3.63, 3.8) is 0 Å². The number of hydrogen-bond acceptors (Lipinski definition) is 3. The second-order valence-electron chi connectivity index (χ2n) is 4.44. The summed E-state index contributed by atoms with van der Waals surface area (Å²) >= 11 is 5.72. The first-order valence-corrected chi connectivity index (χ1v) is 5.96. The number of benzene rings is 1. The minimum Gasteiger partial charge on any atom is -0.469 e. The van der Waals surface area contributed by atoms with Crippen LogP contribution in [0.25, 0.3) is 0 Å². The van der Waals surface area contributed by atoms with E-state index in [0.29, 0.717) is 0 Å². The molecule has 0 aliphatic carbocycles. The van der Waals surface area contributed by atoms with E-state index >= 15 is 0 Å². The van der Waals surface area contributed by atoms with Crippen LogP contribution >= 0.6 is 11.6 Å². The second-order valence-corrected chi connectivity index (χ2v) is 4.88. The Morgan fingerprint density at radius 2 is 2.00 bits per heavy atom. The van der Waals surface area contributed by atoms with Gasteiger partial charge in [-0.05, 0) is 29.7 Å². The van der Waals surface area contributed by atoms with Crippen LogP contribution in [0, 0.1) is 17.7 Å². The summed E-state index contributed by atoms with van der Waals surface area (Å²) in [5.74, 6) is -1.98. The smallest absolute Gasteiger partial charge is 0.311 e. The summed E-state index contributed by atoms with van der Waals surface area (Å²) in [7, 11) is 1.25. The topological polar surface area (TPSA) is 46.5 Å². The van der Waals surface area contributed by atoms with E-state index in [-0.39, 0.29) is 16.5 Å². The van der Waals surface area contributed by atoms with Gasteiger partial charge in [-0.15, -0.1) is 0 Å². The molecule has 5 heteroatoms. The Labute approximate surface area is 111 Å². The van der Waals surface area contributed by atoms with Crippen molar-refractivity contribution < 1.29 is 19.0 Å². The number of halogens is 2. The van der Waals surface area contributed by atoms with Gasteiger partial charge in [0, 0.05) is 5.02 Å². The number of carbonyl (C=O) groups excluding carboxylic acids is 1. The third-order valence-electron chi connectivity index (χ3n) is 2.76. The zero-order chi connectivity index (χ0) is 13.9. The van der Waals surface area contributed by atoms with Gasteiger partial charge in [-0.25, -0.2) is 4.39 Å². The predicted octanol–water partition coefficient (Wildman–Crippen LogP) is 2.96. The van der Waals surface area contributed by atoms with Crippen LogP contribution in [-0.2, 0) is 9.53 Å². The second kappa shape index (κ2) is 6.16. The summed E-state index contributed by atoms with van der Waals surface area (Å²) in [6.45, 7) is 3.57. The minimum atomic E-state index is -1.15. The van der Waals surface area contributed by atoms with Crippen molar-refractivity contribution >= 4 is 17.6 Å².